The molecule has 1 aliphatic carbocycles. The summed E-state index contributed by atoms with van der Waals surface area (Å²) in [5.74, 6) is -0.0563. The van der Waals surface area contributed by atoms with Crippen molar-refractivity contribution in [1.29, 1.82) is 0 Å². The summed E-state index contributed by atoms with van der Waals surface area (Å²) in [6, 6.07) is 3.21. The van der Waals surface area contributed by atoms with Crippen LogP contribution in [-0.4, -0.2) is 75.9 Å². The van der Waals surface area contributed by atoms with E-state index in [4.69, 9.17) is 5.10 Å². The van der Waals surface area contributed by atoms with Gasteiger partial charge in [-0.3, -0.25) is 9.48 Å². The Morgan fingerprint density at radius 1 is 1.09 bits per heavy atom. The number of aromatic nitrogens is 5. The molecule has 3 aromatic heterocycles. The van der Waals surface area contributed by atoms with E-state index in [1.165, 1.54) is 11.3 Å². The van der Waals surface area contributed by atoms with Crippen molar-refractivity contribution in [1.82, 2.24) is 34.6 Å². The zero-order valence-corrected chi connectivity index (χ0v) is 27.5. The number of fused-ring (bicyclic) bond motifs is 1. The number of piperazine rings is 1. The van der Waals surface area contributed by atoms with E-state index in [9.17, 15) is 22.0 Å². The summed E-state index contributed by atoms with van der Waals surface area (Å²) in [5.41, 5.74) is 1.93. The molecule has 4 aromatic rings. The van der Waals surface area contributed by atoms with Gasteiger partial charge in [-0.05, 0) is 45.7 Å². The number of benzene rings is 1. The minimum absolute atomic E-state index is 0.0537. The molecule has 0 spiro atoms. The molecule has 16 heteroatoms. The van der Waals surface area contributed by atoms with Gasteiger partial charge in [-0.15, -0.1) is 21.5 Å². The van der Waals surface area contributed by atoms with Crippen LogP contribution in [-0.2, 0) is 21.4 Å². The van der Waals surface area contributed by atoms with Crippen LogP contribution in [0.2, 0.25) is 0 Å². The van der Waals surface area contributed by atoms with Gasteiger partial charge in [0.05, 0.1) is 33.3 Å². The van der Waals surface area contributed by atoms with Crippen LogP contribution >= 0.6 is 22.7 Å². The van der Waals surface area contributed by atoms with E-state index in [1.807, 2.05) is 39.5 Å². The number of hydrogen-bond donors (Lipinski definition) is 1. The molecule has 1 saturated carbocycles. The van der Waals surface area contributed by atoms with Crippen molar-refractivity contribution in [2.45, 2.75) is 70.9 Å². The second-order valence-corrected chi connectivity index (χ2v) is 15.9. The van der Waals surface area contributed by atoms with Gasteiger partial charge in [-0.1, -0.05) is 25.2 Å². The fourth-order valence-corrected chi connectivity index (χ4v) is 8.55. The molecule has 2 aliphatic rings. The maximum Gasteiger partial charge on any atom is 0.291 e. The average molecular weight is 665 g/mol. The summed E-state index contributed by atoms with van der Waals surface area (Å²) in [6.45, 7) is 11.7. The van der Waals surface area contributed by atoms with Crippen LogP contribution in [0.1, 0.15) is 60.6 Å². The van der Waals surface area contributed by atoms with Crippen molar-refractivity contribution in [3.63, 3.8) is 0 Å². The van der Waals surface area contributed by atoms with Crippen molar-refractivity contribution < 1.29 is 22.0 Å². The lowest BCUT2D eigenvalue weighted by molar-refractivity contribution is -0.134. The lowest BCUT2D eigenvalue weighted by atomic mass is 10.1. The number of anilines is 1. The Morgan fingerprint density at radius 2 is 1.80 bits per heavy atom. The molecule has 11 nitrogen and oxygen atoms in total. The maximum absolute atomic E-state index is 13.7. The Labute approximate surface area is 262 Å². The summed E-state index contributed by atoms with van der Waals surface area (Å²) < 4.78 is 59.1. The Balaban J connectivity index is 1.54. The molecule has 0 bridgehead atoms. The Bertz CT molecular complexity index is 1840. The van der Waals surface area contributed by atoms with E-state index >= 15 is 0 Å². The number of nitrogens with zero attached hydrogens (tertiary/aromatic N) is 7. The van der Waals surface area contributed by atoms with E-state index < -0.39 is 27.0 Å². The van der Waals surface area contributed by atoms with Crippen LogP contribution in [0.4, 0.5) is 14.5 Å². The summed E-state index contributed by atoms with van der Waals surface area (Å²) in [4.78, 5) is 22.2. The normalized spacial score (nSPS) is 16.9. The highest BCUT2D eigenvalue weighted by molar-refractivity contribution is 7.89. The van der Waals surface area contributed by atoms with Crippen molar-refractivity contribution in [2.24, 2.45) is 5.92 Å². The van der Waals surface area contributed by atoms with Gasteiger partial charge in [0.2, 0.25) is 15.9 Å². The van der Waals surface area contributed by atoms with Crippen LogP contribution < -0.4 is 9.62 Å². The minimum atomic E-state index is -3.94. The van der Waals surface area contributed by atoms with E-state index in [1.54, 1.807) is 16.8 Å². The number of sulfonamides is 1. The molecular formula is C28H34F2N8O3S3. The summed E-state index contributed by atoms with van der Waals surface area (Å²) in [7, 11) is -3.94. The highest BCUT2D eigenvalue weighted by Gasteiger charge is 2.42. The van der Waals surface area contributed by atoms with Gasteiger partial charge in [-0.25, -0.2) is 26.9 Å². The second-order valence-electron chi connectivity index (χ2n) is 12.0. The summed E-state index contributed by atoms with van der Waals surface area (Å²) in [5, 5.41) is 13.7. The quantitative estimate of drug-likeness (QED) is 0.272. The van der Waals surface area contributed by atoms with E-state index in [0.29, 0.717) is 49.3 Å². The third-order valence-electron chi connectivity index (χ3n) is 8.04. The second kappa shape index (κ2) is 11.4. The van der Waals surface area contributed by atoms with Crippen molar-refractivity contribution in [3.05, 3.63) is 32.7 Å². The fourth-order valence-electron chi connectivity index (χ4n) is 5.42. The maximum atomic E-state index is 13.7. The third kappa shape index (κ3) is 5.96. The minimum Gasteiger partial charge on any atom is -0.366 e. The number of carbonyl (C=O) groups excluding carboxylic acids is 1. The van der Waals surface area contributed by atoms with Crippen LogP contribution in [0.3, 0.4) is 0 Å². The van der Waals surface area contributed by atoms with Crippen LogP contribution in [0.15, 0.2) is 17.0 Å². The fraction of sp³-hybridized carbons (Fsp3) is 0.536. The largest absolute Gasteiger partial charge is 0.366 e. The molecule has 0 atom stereocenters. The first-order chi connectivity index (χ1) is 20.7. The Morgan fingerprint density at radius 3 is 2.36 bits per heavy atom. The molecule has 4 heterocycles. The number of rotatable bonds is 9. The molecule has 2 fully saturated rings. The van der Waals surface area contributed by atoms with Crippen LogP contribution in [0.25, 0.3) is 21.6 Å². The molecule has 1 aromatic carbocycles. The van der Waals surface area contributed by atoms with Crippen LogP contribution in [0, 0.1) is 19.8 Å². The Kier molecular flexibility index (Phi) is 7.99. The number of alkyl halides is 2. The predicted octanol–water partition coefficient (Wildman–Crippen LogP) is 4.75. The number of thiazole rings is 1. The average Bonchev–Trinajstić information content (AvgIpc) is 3.30. The van der Waals surface area contributed by atoms with Gasteiger partial charge in [-0.2, -0.15) is 5.10 Å². The lowest BCUT2D eigenvalue weighted by Crippen LogP contribution is -2.50. The zero-order valence-electron chi connectivity index (χ0n) is 25.1. The van der Waals surface area contributed by atoms with Crippen molar-refractivity contribution in [3.8, 4) is 10.7 Å². The SMILES string of the molecule is Cc1nc(C)c(Cn2nc(-c3nnc(C(F)F)s3)c3cc(S(=O)(=O)NC4(C)CC4)cc(N4CCN(C(=O)C(C)C)CC4)c32)s1. The molecule has 44 heavy (non-hydrogen) atoms. The number of carbonyl (C=O) groups is 1. The topological polar surface area (TPSA) is 126 Å². The van der Waals surface area contributed by atoms with Crippen molar-refractivity contribution in [2.75, 3.05) is 31.1 Å². The monoisotopic (exact) mass is 664 g/mol. The smallest absolute Gasteiger partial charge is 0.291 e. The summed E-state index contributed by atoms with van der Waals surface area (Å²) >= 11 is 2.28. The number of halogens is 2. The molecule has 1 aliphatic heterocycles. The number of aryl methyl sites for hydroxylation is 2. The number of nitrogens with one attached hydrogen (secondary N) is 1. The first kappa shape index (κ1) is 30.9. The first-order valence-corrected chi connectivity index (χ1v) is 17.5. The first-order valence-electron chi connectivity index (χ1n) is 14.4. The van der Waals surface area contributed by atoms with Gasteiger partial charge >= 0.3 is 0 Å². The van der Waals surface area contributed by atoms with Gasteiger partial charge in [0.15, 0.2) is 10.0 Å². The highest BCUT2D eigenvalue weighted by Crippen LogP contribution is 2.41. The van der Waals surface area contributed by atoms with Gasteiger partial charge in [0.1, 0.15) is 5.69 Å². The molecule has 1 N–H and O–H groups in total. The molecule has 1 amide bonds. The van der Waals surface area contributed by atoms with E-state index in [-0.39, 0.29) is 27.4 Å². The third-order valence-corrected chi connectivity index (χ3v) is 11.6. The van der Waals surface area contributed by atoms with Crippen LogP contribution in [0.5, 0.6) is 0 Å². The predicted molar refractivity (Wildman–Crippen MR) is 166 cm³/mol. The standard InChI is InChI=1S/C28H34F2N8O3S3/c1-15(2)27(39)37-10-8-36(9-11-37)20-13-18(44(40,41)35-28(5)6-7-28)12-19-22(25-32-33-26(43-25)24(29)30)34-38(23(19)20)14-21-16(3)31-17(4)42-21/h12-13,15,24,35H,6-11,14H2,1-5H3. The van der Waals surface area contributed by atoms with Crippen molar-refractivity contribution >= 4 is 55.2 Å². The molecule has 236 valence electrons. The van der Waals surface area contributed by atoms with E-state index in [0.717, 1.165) is 39.8 Å². The van der Waals surface area contributed by atoms with E-state index in [2.05, 4.69) is 24.8 Å². The number of hydrogen-bond acceptors (Lipinski definition) is 10. The molecule has 0 radical (unpaired) electrons. The lowest BCUT2D eigenvalue weighted by Gasteiger charge is -2.37. The molecule has 0 unspecified atom stereocenters. The highest BCUT2D eigenvalue weighted by atomic mass is 32.2. The van der Waals surface area contributed by atoms with Gasteiger partial charge < -0.3 is 9.80 Å². The molecular weight excluding hydrogens is 631 g/mol. The zero-order chi connectivity index (χ0) is 31.6. The number of amides is 1. The molecule has 1 saturated heterocycles. The van der Waals surface area contributed by atoms with Gasteiger partial charge in [0.25, 0.3) is 6.43 Å². The molecule has 6 rings (SSSR count). The summed E-state index contributed by atoms with van der Waals surface area (Å²) in [6.07, 6.45) is -1.31. The Hall–Kier alpha value is -3.08. The van der Waals surface area contributed by atoms with Gasteiger partial charge in [0, 0.05) is 47.9 Å².